The van der Waals surface area contributed by atoms with E-state index in [1.54, 1.807) is 0 Å². The third kappa shape index (κ3) is 4.25. The maximum absolute atomic E-state index is 12.9. The maximum Gasteiger partial charge on any atom is 0.254 e. The first-order valence-corrected chi connectivity index (χ1v) is 9.68. The van der Waals surface area contributed by atoms with Gasteiger partial charge in [-0.15, -0.1) is 0 Å². The summed E-state index contributed by atoms with van der Waals surface area (Å²) in [6.07, 6.45) is 0.773. The maximum atomic E-state index is 12.9. The first-order valence-electron chi connectivity index (χ1n) is 8.13. The molecule has 25 heavy (non-hydrogen) atoms. The predicted octanol–water partition coefficient (Wildman–Crippen LogP) is 0.991. The van der Waals surface area contributed by atoms with Crippen molar-refractivity contribution in [3.05, 3.63) is 65.7 Å². The van der Waals surface area contributed by atoms with Gasteiger partial charge in [-0.1, -0.05) is 30.3 Å². The monoisotopic (exact) mass is 359 g/mol. The second-order valence-corrected chi connectivity index (χ2v) is 7.68. The molecule has 7 heteroatoms. The van der Waals surface area contributed by atoms with Crippen molar-refractivity contribution in [1.29, 1.82) is 0 Å². The van der Waals surface area contributed by atoms with Crippen LogP contribution in [0.25, 0.3) is 0 Å². The highest BCUT2D eigenvalue weighted by Crippen LogP contribution is 2.16. The zero-order chi connectivity index (χ0) is 17.9. The van der Waals surface area contributed by atoms with Gasteiger partial charge >= 0.3 is 0 Å². The van der Waals surface area contributed by atoms with Crippen LogP contribution in [0.15, 0.2) is 59.5 Å². The molecule has 0 spiro atoms. The number of carbonyl (C=O) groups excluding carboxylic acids is 1. The minimum Gasteiger partial charge on any atom is -0.333 e. The number of amides is 1. The molecule has 0 unspecified atom stereocenters. The summed E-state index contributed by atoms with van der Waals surface area (Å²) < 4.78 is 22.7. The fraction of sp³-hybridized carbons (Fsp3) is 0.278. The molecule has 0 aromatic heterocycles. The van der Waals surface area contributed by atoms with E-state index in [-0.39, 0.29) is 16.8 Å². The molecule has 0 aliphatic carbocycles. The van der Waals surface area contributed by atoms with Crippen LogP contribution >= 0.6 is 0 Å². The van der Waals surface area contributed by atoms with Crippen LogP contribution in [0.2, 0.25) is 0 Å². The summed E-state index contributed by atoms with van der Waals surface area (Å²) >= 11 is 0. The summed E-state index contributed by atoms with van der Waals surface area (Å²) in [5.41, 5.74) is 1.64. The van der Waals surface area contributed by atoms with Gasteiger partial charge in [-0.2, -0.15) is 0 Å². The lowest BCUT2D eigenvalue weighted by Gasteiger charge is -2.36. The second-order valence-electron chi connectivity index (χ2n) is 6.12. The zero-order valence-electron chi connectivity index (χ0n) is 13.8. The average Bonchev–Trinajstić information content (AvgIpc) is 2.62. The van der Waals surface area contributed by atoms with Crippen LogP contribution in [0, 0.1) is 0 Å². The first-order chi connectivity index (χ1) is 11.9. The third-order valence-corrected chi connectivity index (χ3v) is 5.28. The highest BCUT2D eigenvalue weighted by atomic mass is 32.2. The lowest BCUT2D eigenvalue weighted by molar-refractivity contribution is 0.0636. The number of nitrogens with one attached hydrogen (secondary N) is 1. The fourth-order valence-corrected chi connectivity index (χ4v) is 3.57. The smallest absolute Gasteiger partial charge is 0.254 e. The molecule has 1 atom stereocenters. The Bertz CT molecular complexity index is 836. The van der Waals surface area contributed by atoms with Crippen LogP contribution in [0.3, 0.4) is 0 Å². The minimum atomic E-state index is -3.76. The number of primary sulfonamides is 1. The number of carbonyl (C=O) groups is 1. The quantitative estimate of drug-likeness (QED) is 0.851. The number of benzene rings is 2. The van der Waals surface area contributed by atoms with Gasteiger partial charge in [0.1, 0.15) is 0 Å². The molecule has 0 saturated carbocycles. The topological polar surface area (TPSA) is 92.5 Å². The van der Waals surface area contributed by atoms with E-state index in [2.05, 4.69) is 17.4 Å². The Kier molecular flexibility index (Phi) is 5.17. The van der Waals surface area contributed by atoms with E-state index in [9.17, 15) is 13.2 Å². The first kappa shape index (κ1) is 17.6. The van der Waals surface area contributed by atoms with Crippen molar-refractivity contribution in [3.8, 4) is 0 Å². The van der Waals surface area contributed by atoms with E-state index in [1.165, 1.54) is 29.8 Å². The van der Waals surface area contributed by atoms with Gasteiger partial charge < -0.3 is 10.2 Å². The van der Waals surface area contributed by atoms with Crippen molar-refractivity contribution < 1.29 is 13.2 Å². The molecule has 1 fully saturated rings. The molecule has 1 amide bonds. The van der Waals surface area contributed by atoms with Crippen molar-refractivity contribution in [2.24, 2.45) is 5.14 Å². The predicted molar refractivity (Wildman–Crippen MR) is 95.7 cm³/mol. The zero-order valence-corrected chi connectivity index (χ0v) is 14.6. The fourth-order valence-electron chi connectivity index (χ4n) is 3.05. The molecule has 2 aromatic carbocycles. The molecule has 3 rings (SSSR count). The molecular weight excluding hydrogens is 338 g/mol. The summed E-state index contributed by atoms with van der Waals surface area (Å²) in [4.78, 5) is 14.7. The summed E-state index contributed by atoms with van der Waals surface area (Å²) in [6, 6.07) is 15.9. The molecule has 6 nitrogen and oxygen atoms in total. The molecule has 0 radical (unpaired) electrons. The Morgan fingerprint density at radius 3 is 2.44 bits per heavy atom. The molecule has 3 N–H and O–H groups in total. The van der Waals surface area contributed by atoms with Crippen LogP contribution in [0.1, 0.15) is 15.9 Å². The van der Waals surface area contributed by atoms with Crippen molar-refractivity contribution in [2.45, 2.75) is 17.4 Å². The Hall–Kier alpha value is -2.22. The Balaban J connectivity index is 1.78. The molecule has 1 aliphatic heterocycles. The average molecular weight is 359 g/mol. The van der Waals surface area contributed by atoms with Gasteiger partial charge in [-0.05, 0) is 36.2 Å². The molecule has 1 aliphatic rings. The van der Waals surface area contributed by atoms with Crippen molar-refractivity contribution >= 4 is 15.9 Å². The standard InChI is InChI=1S/C18H21N3O3S/c19-25(23,24)17-8-6-15(7-9-17)18(22)21-11-10-20-13-16(21)12-14-4-2-1-3-5-14/h1-9,16,20H,10-13H2,(H2,19,23,24)/t16-/m1/s1. The molecule has 2 aromatic rings. The van der Waals surface area contributed by atoms with Crippen LogP contribution < -0.4 is 10.5 Å². The van der Waals surface area contributed by atoms with E-state index in [0.29, 0.717) is 12.1 Å². The summed E-state index contributed by atoms with van der Waals surface area (Å²) in [6.45, 7) is 2.09. The van der Waals surface area contributed by atoms with Gasteiger partial charge in [0.15, 0.2) is 0 Å². The summed E-state index contributed by atoms with van der Waals surface area (Å²) in [7, 11) is -3.76. The van der Waals surface area contributed by atoms with Crippen LogP contribution in [0.5, 0.6) is 0 Å². The summed E-state index contributed by atoms with van der Waals surface area (Å²) in [5, 5.41) is 8.43. The number of rotatable bonds is 4. The van der Waals surface area contributed by atoms with Crippen molar-refractivity contribution in [2.75, 3.05) is 19.6 Å². The highest BCUT2D eigenvalue weighted by Gasteiger charge is 2.27. The van der Waals surface area contributed by atoms with Gasteiger partial charge in [0.2, 0.25) is 10.0 Å². The molecule has 1 heterocycles. The molecular formula is C18H21N3O3S. The normalized spacial score (nSPS) is 18.1. The molecule has 1 saturated heterocycles. The van der Waals surface area contributed by atoms with Crippen molar-refractivity contribution in [3.63, 3.8) is 0 Å². The number of piperazine rings is 1. The Morgan fingerprint density at radius 2 is 1.80 bits per heavy atom. The Morgan fingerprint density at radius 1 is 1.12 bits per heavy atom. The highest BCUT2D eigenvalue weighted by molar-refractivity contribution is 7.89. The number of nitrogens with two attached hydrogens (primary N) is 1. The van der Waals surface area contributed by atoms with Crippen LogP contribution in [-0.2, 0) is 16.4 Å². The van der Waals surface area contributed by atoms with Gasteiger partial charge in [0, 0.05) is 31.2 Å². The van der Waals surface area contributed by atoms with E-state index < -0.39 is 10.0 Å². The van der Waals surface area contributed by atoms with E-state index >= 15 is 0 Å². The number of hydrogen-bond donors (Lipinski definition) is 2. The summed E-state index contributed by atoms with van der Waals surface area (Å²) in [5.74, 6) is -0.0941. The van der Waals surface area contributed by atoms with Crippen LogP contribution in [-0.4, -0.2) is 44.9 Å². The second kappa shape index (κ2) is 7.35. The van der Waals surface area contributed by atoms with E-state index in [4.69, 9.17) is 5.14 Å². The van der Waals surface area contributed by atoms with Gasteiger partial charge in [0.05, 0.1) is 4.90 Å². The lowest BCUT2D eigenvalue weighted by Crippen LogP contribution is -2.54. The van der Waals surface area contributed by atoms with E-state index in [0.717, 1.165) is 19.5 Å². The van der Waals surface area contributed by atoms with Gasteiger partial charge in [-0.3, -0.25) is 4.79 Å². The number of sulfonamides is 1. The minimum absolute atomic E-state index is 0.00481. The van der Waals surface area contributed by atoms with Crippen LogP contribution in [0.4, 0.5) is 0 Å². The molecule has 0 bridgehead atoms. The SMILES string of the molecule is NS(=O)(=O)c1ccc(C(=O)N2CCNC[C@H]2Cc2ccccc2)cc1. The Labute approximate surface area is 147 Å². The number of hydrogen-bond acceptors (Lipinski definition) is 4. The van der Waals surface area contributed by atoms with Gasteiger partial charge in [-0.25, -0.2) is 13.6 Å². The molecule has 132 valence electrons. The van der Waals surface area contributed by atoms with Crippen molar-refractivity contribution in [1.82, 2.24) is 10.2 Å². The van der Waals surface area contributed by atoms with E-state index in [1.807, 2.05) is 23.1 Å². The van der Waals surface area contributed by atoms with Gasteiger partial charge in [0.25, 0.3) is 5.91 Å². The largest absolute Gasteiger partial charge is 0.333 e. The lowest BCUT2D eigenvalue weighted by atomic mass is 10.0. The third-order valence-electron chi connectivity index (χ3n) is 4.36. The number of nitrogens with zero attached hydrogens (tertiary/aromatic N) is 1.